The maximum absolute atomic E-state index is 6.00. The van der Waals surface area contributed by atoms with Crippen LogP contribution in [0.25, 0.3) is 11.2 Å². The first-order valence-corrected chi connectivity index (χ1v) is 8.04. The normalized spacial score (nSPS) is 16.7. The van der Waals surface area contributed by atoms with Gasteiger partial charge in [-0.2, -0.15) is 0 Å². The molecule has 1 atom stereocenters. The van der Waals surface area contributed by atoms with Gasteiger partial charge in [0.2, 0.25) is 0 Å². The molecule has 1 aromatic carbocycles. The molecular formula is C18H19N3O2. The van der Waals surface area contributed by atoms with Gasteiger partial charge in [0.1, 0.15) is 18.5 Å². The van der Waals surface area contributed by atoms with Gasteiger partial charge in [0.05, 0.1) is 5.52 Å². The van der Waals surface area contributed by atoms with Gasteiger partial charge in [-0.15, -0.1) is 0 Å². The number of para-hydroxylation sites is 2. The lowest BCUT2D eigenvalue weighted by Crippen LogP contribution is -2.29. The maximum atomic E-state index is 6.00. The van der Waals surface area contributed by atoms with E-state index >= 15 is 0 Å². The highest BCUT2D eigenvalue weighted by molar-refractivity contribution is 5.71. The summed E-state index contributed by atoms with van der Waals surface area (Å²) in [6.07, 6.45) is 4.67. The Bertz CT molecular complexity index is 828. The number of H-pyrrole nitrogens is 1. The molecule has 1 aliphatic heterocycles. The zero-order valence-electron chi connectivity index (χ0n) is 13.1. The summed E-state index contributed by atoms with van der Waals surface area (Å²) in [4.78, 5) is 12.2. The minimum absolute atomic E-state index is 0.0774. The van der Waals surface area contributed by atoms with Crippen molar-refractivity contribution >= 4 is 11.2 Å². The van der Waals surface area contributed by atoms with Crippen LogP contribution in [0.4, 0.5) is 0 Å². The average Bonchev–Trinajstić information content (AvgIpc) is 3.02. The van der Waals surface area contributed by atoms with E-state index in [2.05, 4.69) is 27.9 Å². The predicted octanol–water partition coefficient (Wildman–Crippen LogP) is 3.29. The Balaban J connectivity index is 1.43. The summed E-state index contributed by atoms with van der Waals surface area (Å²) in [5.41, 5.74) is 2.98. The number of rotatable bonds is 4. The van der Waals surface area contributed by atoms with Crippen LogP contribution in [0, 0.1) is 0 Å². The quantitative estimate of drug-likeness (QED) is 0.803. The standard InChI is InChI=1S/C18H19N3O2/c1-2-17-20-14-9-12(10-19-18(14)21-17)7-8-13-11-22-15-5-3-4-6-16(15)23-13/h3-6,9-10,13H,2,7-8,11H2,1H3,(H,19,20,21). The first-order chi connectivity index (χ1) is 11.3. The van der Waals surface area contributed by atoms with Crippen LogP contribution in [0.5, 0.6) is 11.5 Å². The monoisotopic (exact) mass is 309 g/mol. The molecule has 0 aliphatic carbocycles. The zero-order valence-corrected chi connectivity index (χ0v) is 13.1. The Morgan fingerprint density at radius 2 is 2.13 bits per heavy atom. The molecule has 5 heteroatoms. The fourth-order valence-corrected chi connectivity index (χ4v) is 2.83. The van der Waals surface area contributed by atoms with Gasteiger partial charge in [-0.1, -0.05) is 19.1 Å². The molecule has 0 fully saturated rings. The van der Waals surface area contributed by atoms with Gasteiger partial charge < -0.3 is 14.5 Å². The molecule has 2 aromatic heterocycles. The Labute approximate surface area is 134 Å². The van der Waals surface area contributed by atoms with Crippen molar-refractivity contribution < 1.29 is 9.47 Å². The van der Waals surface area contributed by atoms with Crippen LogP contribution in [0.2, 0.25) is 0 Å². The minimum Gasteiger partial charge on any atom is -0.486 e. The smallest absolute Gasteiger partial charge is 0.177 e. The molecule has 3 heterocycles. The molecule has 4 rings (SSSR count). The number of aryl methyl sites for hydroxylation is 2. The van der Waals surface area contributed by atoms with Crippen LogP contribution < -0.4 is 9.47 Å². The number of aromatic nitrogens is 3. The lowest BCUT2D eigenvalue weighted by atomic mass is 10.1. The Kier molecular flexibility index (Phi) is 3.61. The van der Waals surface area contributed by atoms with E-state index in [0.29, 0.717) is 6.61 Å². The van der Waals surface area contributed by atoms with Crippen molar-refractivity contribution in [3.8, 4) is 11.5 Å². The summed E-state index contributed by atoms with van der Waals surface area (Å²) in [7, 11) is 0. The number of pyridine rings is 1. The fourth-order valence-electron chi connectivity index (χ4n) is 2.83. The van der Waals surface area contributed by atoms with Gasteiger partial charge in [-0.05, 0) is 36.6 Å². The maximum Gasteiger partial charge on any atom is 0.177 e. The van der Waals surface area contributed by atoms with Crippen molar-refractivity contribution in [3.05, 3.63) is 47.9 Å². The van der Waals surface area contributed by atoms with E-state index in [1.54, 1.807) is 0 Å². The van der Waals surface area contributed by atoms with Crippen LogP contribution in [0.15, 0.2) is 36.5 Å². The summed E-state index contributed by atoms with van der Waals surface area (Å²) in [5, 5.41) is 0. The second-order valence-electron chi connectivity index (χ2n) is 5.79. The number of benzene rings is 1. The molecule has 0 amide bonds. The lowest BCUT2D eigenvalue weighted by Gasteiger charge is -2.26. The van der Waals surface area contributed by atoms with Crippen LogP contribution in [0.3, 0.4) is 0 Å². The number of nitrogens with one attached hydrogen (secondary N) is 1. The molecule has 1 unspecified atom stereocenters. The molecular weight excluding hydrogens is 290 g/mol. The summed E-state index contributed by atoms with van der Waals surface area (Å²) < 4.78 is 11.8. The largest absolute Gasteiger partial charge is 0.486 e. The van der Waals surface area contributed by atoms with Gasteiger partial charge in [0, 0.05) is 12.6 Å². The second kappa shape index (κ2) is 5.91. The van der Waals surface area contributed by atoms with Crippen molar-refractivity contribution in [1.29, 1.82) is 0 Å². The molecule has 118 valence electrons. The van der Waals surface area contributed by atoms with Crippen molar-refractivity contribution in [2.75, 3.05) is 6.61 Å². The minimum atomic E-state index is 0.0774. The number of aromatic amines is 1. The lowest BCUT2D eigenvalue weighted by molar-refractivity contribution is 0.0851. The highest BCUT2D eigenvalue weighted by Gasteiger charge is 2.20. The number of fused-ring (bicyclic) bond motifs is 2. The Morgan fingerprint density at radius 1 is 1.26 bits per heavy atom. The molecule has 0 bridgehead atoms. The van der Waals surface area contributed by atoms with Crippen LogP contribution >= 0.6 is 0 Å². The van der Waals surface area contributed by atoms with E-state index in [4.69, 9.17) is 9.47 Å². The Hall–Kier alpha value is -2.56. The second-order valence-corrected chi connectivity index (χ2v) is 5.79. The summed E-state index contributed by atoms with van der Waals surface area (Å²) >= 11 is 0. The van der Waals surface area contributed by atoms with E-state index in [1.165, 1.54) is 5.56 Å². The van der Waals surface area contributed by atoms with Gasteiger partial charge in [-0.25, -0.2) is 9.97 Å². The van der Waals surface area contributed by atoms with Gasteiger partial charge >= 0.3 is 0 Å². The topological polar surface area (TPSA) is 60.0 Å². The third-order valence-electron chi connectivity index (χ3n) is 4.10. The average molecular weight is 309 g/mol. The number of ether oxygens (including phenoxy) is 2. The molecule has 0 spiro atoms. The van der Waals surface area contributed by atoms with Crippen molar-refractivity contribution in [3.63, 3.8) is 0 Å². The summed E-state index contributed by atoms with van der Waals surface area (Å²) in [6.45, 7) is 2.67. The molecule has 1 N–H and O–H groups in total. The van der Waals surface area contributed by atoms with Crippen LogP contribution in [0.1, 0.15) is 24.7 Å². The SMILES string of the molecule is CCc1nc2ncc(CCC3COc4ccccc4O3)cc2[nH]1. The van der Waals surface area contributed by atoms with E-state index in [-0.39, 0.29) is 6.10 Å². The van der Waals surface area contributed by atoms with Gasteiger partial charge in [0.25, 0.3) is 0 Å². The van der Waals surface area contributed by atoms with Gasteiger partial charge in [0.15, 0.2) is 17.1 Å². The first kappa shape index (κ1) is 14.1. The highest BCUT2D eigenvalue weighted by Crippen LogP contribution is 2.31. The Morgan fingerprint density at radius 3 is 3.00 bits per heavy atom. The molecule has 5 nitrogen and oxygen atoms in total. The van der Waals surface area contributed by atoms with Crippen LogP contribution in [-0.2, 0) is 12.8 Å². The van der Waals surface area contributed by atoms with Gasteiger partial charge in [-0.3, -0.25) is 0 Å². The number of hydrogen-bond donors (Lipinski definition) is 1. The molecule has 0 radical (unpaired) electrons. The third kappa shape index (κ3) is 2.86. The molecule has 1 aliphatic rings. The molecule has 3 aromatic rings. The predicted molar refractivity (Wildman–Crippen MR) is 87.9 cm³/mol. The zero-order chi connectivity index (χ0) is 15.6. The van der Waals surface area contributed by atoms with Crippen molar-refractivity contribution in [2.45, 2.75) is 32.3 Å². The van der Waals surface area contributed by atoms with E-state index in [9.17, 15) is 0 Å². The fraction of sp³-hybridized carbons (Fsp3) is 0.333. The summed E-state index contributed by atoms with van der Waals surface area (Å²) in [5.74, 6) is 2.64. The van der Waals surface area contributed by atoms with Crippen molar-refractivity contribution in [2.24, 2.45) is 0 Å². The van der Waals surface area contributed by atoms with Crippen LogP contribution in [-0.4, -0.2) is 27.7 Å². The van der Waals surface area contributed by atoms with E-state index in [1.807, 2.05) is 30.5 Å². The van der Waals surface area contributed by atoms with E-state index < -0.39 is 0 Å². The highest BCUT2D eigenvalue weighted by atomic mass is 16.6. The first-order valence-electron chi connectivity index (χ1n) is 8.04. The molecule has 0 saturated heterocycles. The number of imidazole rings is 1. The molecule has 0 saturated carbocycles. The molecule has 23 heavy (non-hydrogen) atoms. The number of hydrogen-bond acceptors (Lipinski definition) is 4. The third-order valence-corrected chi connectivity index (χ3v) is 4.10. The number of nitrogens with zero attached hydrogens (tertiary/aromatic N) is 2. The van der Waals surface area contributed by atoms with Crippen molar-refractivity contribution in [1.82, 2.24) is 15.0 Å². The van der Waals surface area contributed by atoms with E-state index in [0.717, 1.165) is 47.7 Å². The summed E-state index contributed by atoms with van der Waals surface area (Å²) in [6, 6.07) is 9.94.